The smallest absolute Gasteiger partial charge is 0.229 e. The fourth-order valence-corrected chi connectivity index (χ4v) is 3.95. The number of anilines is 3. The summed E-state index contributed by atoms with van der Waals surface area (Å²) in [5, 5.41) is 0.743. The van der Waals surface area contributed by atoms with Crippen LogP contribution >= 0.6 is 15.9 Å². The molecule has 7 nitrogen and oxygen atoms in total. The second-order valence-electron chi connectivity index (χ2n) is 7.18. The minimum Gasteiger partial charge on any atom is -0.383 e. The summed E-state index contributed by atoms with van der Waals surface area (Å²) in [7, 11) is 1.93. The summed E-state index contributed by atoms with van der Waals surface area (Å²) in [6.07, 6.45) is 4.89. The Kier molecular flexibility index (Phi) is 5.20. The van der Waals surface area contributed by atoms with Gasteiger partial charge in [-0.2, -0.15) is 0 Å². The number of benzene rings is 2. The number of pyridine rings is 1. The van der Waals surface area contributed by atoms with Crippen LogP contribution in [-0.4, -0.2) is 32.0 Å². The number of nitrogens with zero attached hydrogens (tertiary/aromatic N) is 6. The average Bonchev–Trinajstić information content (AvgIpc) is 2.84. The van der Waals surface area contributed by atoms with Crippen molar-refractivity contribution in [3.8, 4) is 22.4 Å². The van der Waals surface area contributed by atoms with E-state index >= 15 is 0 Å². The van der Waals surface area contributed by atoms with E-state index in [1.54, 1.807) is 18.5 Å². The molecule has 0 radical (unpaired) electrons. The lowest BCUT2D eigenvalue weighted by Gasteiger charge is -2.17. The van der Waals surface area contributed by atoms with E-state index < -0.39 is 0 Å². The van der Waals surface area contributed by atoms with Gasteiger partial charge in [0, 0.05) is 35.2 Å². The van der Waals surface area contributed by atoms with E-state index in [-0.39, 0.29) is 0 Å². The number of hydrogen-bond acceptors (Lipinski definition) is 7. The molecule has 156 valence electrons. The van der Waals surface area contributed by atoms with Gasteiger partial charge in [0.15, 0.2) is 5.65 Å². The van der Waals surface area contributed by atoms with Gasteiger partial charge in [-0.05, 0) is 47.5 Å². The lowest BCUT2D eigenvalue weighted by atomic mass is 10.00. The van der Waals surface area contributed by atoms with Gasteiger partial charge in [0.1, 0.15) is 12.1 Å². The molecule has 2 aromatic carbocycles. The lowest BCUT2D eigenvalue weighted by Crippen LogP contribution is -2.12. The molecule has 0 aliphatic carbocycles. The molecule has 0 bridgehead atoms. The monoisotopic (exact) mass is 483 g/mol. The minimum atomic E-state index is 0.406. The van der Waals surface area contributed by atoms with Gasteiger partial charge < -0.3 is 10.6 Å². The third kappa shape index (κ3) is 3.76. The third-order valence-electron chi connectivity index (χ3n) is 5.17. The molecule has 0 aliphatic rings. The average molecular weight is 484 g/mol. The first kappa shape index (κ1) is 20.0. The predicted molar refractivity (Wildman–Crippen MR) is 130 cm³/mol. The quantitative estimate of drug-likeness (QED) is 0.372. The molecule has 0 fully saturated rings. The summed E-state index contributed by atoms with van der Waals surface area (Å²) in [6, 6.07) is 20.0. The summed E-state index contributed by atoms with van der Waals surface area (Å²) >= 11 is 3.55. The summed E-state index contributed by atoms with van der Waals surface area (Å²) in [4.78, 5) is 23.9. The van der Waals surface area contributed by atoms with Gasteiger partial charge in [0.2, 0.25) is 5.95 Å². The molecule has 8 heteroatoms. The van der Waals surface area contributed by atoms with Gasteiger partial charge >= 0.3 is 0 Å². The standard InChI is InChI=1S/C24H18BrN7/c1-32(24-27-10-3-11-28-24)18-8-6-15(7-9-18)20-13-19(16-4-2-5-17(25)12-16)21-22(26)29-14-30-23(21)31-20/h2-14H,1H3,(H2,26,29,30,31). The number of hydrogen-bond donors (Lipinski definition) is 1. The molecule has 0 spiro atoms. The van der Waals surface area contributed by atoms with Gasteiger partial charge in [0.25, 0.3) is 0 Å². The Morgan fingerprint density at radius 1 is 0.844 bits per heavy atom. The van der Waals surface area contributed by atoms with E-state index in [9.17, 15) is 0 Å². The van der Waals surface area contributed by atoms with Crippen LogP contribution in [0.2, 0.25) is 0 Å². The van der Waals surface area contributed by atoms with E-state index in [4.69, 9.17) is 10.7 Å². The zero-order valence-corrected chi connectivity index (χ0v) is 18.7. The number of nitrogen functional groups attached to an aromatic ring is 1. The first-order chi connectivity index (χ1) is 15.6. The van der Waals surface area contributed by atoms with Crippen LogP contribution in [0.1, 0.15) is 0 Å². The molecular weight excluding hydrogens is 466 g/mol. The summed E-state index contributed by atoms with van der Waals surface area (Å²) in [5.41, 5.74) is 11.4. The van der Waals surface area contributed by atoms with Crippen molar-refractivity contribution < 1.29 is 0 Å². The van der Waals surface area contributed by atoms with Crippen molar-refractivity contribution in [2.75, 3.05) is 17.7 Å². The van der Waals surface area contributed by atoms with E-state index in [1.807, 2.05) is 66.5 Å². The fourth-order valence-electron chi connectivity index (χ4n) is 3.56. The van der Waals surface area contributed by atoms with Crippen LogP contribution in [0.15, 0.2) is 83.9 Å². The van der Waals surface area contributed by atoms with Crippen molar-refractivity contribution in [3.05, 3.63) is 83.9 Å². The van der Waals surface area contributed by atoms with E-state index in [0.29, 0.717) is 17.4 Å². The van der Waals surface area contributed by atoms with Crippen molar-refractivity contribution in [1.82, 2.24) is 24.9 Å². The van der Waals surface area contributed by atoms with Gasteiger partial charge in [0.05, 0.1) is 11.1 Å². The summed E-state index contributed by atoms with van der Waals surface area (Å²) in [5.74, 6) is 1.04. The Morgan fingerprint density at radius 2 is 1.62 bits per heavy atom. The van der Waals surface area contributed by atoms with Crippen molar-refractivity contribution in [2.45, 2.75) is 0 Å². The first-order valence-electron chi connectivity index (χ1n) is 9.88. The van der Waals surface area contributed by atoms with Crippen LogP contribution in [0.25, 0.3) is 33.4 Å². The minimum absolute atomic E-state index is 0.406. The topological polar surface area (TPSA) is 93.7 Å². The van der Waals surface area contributed by atoms with Crippen LogP contribution in [-0.2, 0) is 0 Å². The largest absolute Gasteiger partial charge is 0.383 e. The van der Waals surface area contributed by atoms with Crippen molar-refractivity contribution in [3.63, 3.8) is 0 Å². The van der Waals surface area contributed by atoms with Gasteiger partial charge in [-0.15, -0.1) is 0 Å². The van der Waals surface area contributed by atoms with Crippen LogP contribution in [0, 0.1) is 0 Å². The number of rotatable bonds is 4. The first-order valence-corrected chi connectivity index (χ1v) is 10.7. The zero-order valence-electron chi connectivity index (χ0n) is 17.1. The van der Waals surface area contributed by atoms with Gasteiger partial charge in [-0.25, -0.2) is 24.9 Å². The predicted octanol–water partition coefficient (Wildman–Crippen LogP) is 5.26. The number of aromatic nitrogens is 5. The van der Waals surface area contributed by atoms with Gasteiger partial charge in [-0.3, -0.25) is 0 Å². The Labute approximate surface area is 193 Å². The van der Waals surface area contributed by atoms with E-state index in [1.165, 1.54) is 6.33 Å². The second-order valence-corrected chi connectivity index (χ2v) is 8.09. The molecule has 5 rings (SSSR count). The van der Waals surface area contributed by atoms with Crippen molar-refractivity contribution in [2.24, 2.45) is 0 Å². The van der Waals surface area contributed by atoms with Crippen LogP contribution in [0.4, 0.5) is 17.5 Å². The molecule has 3 heterocycles. The summed E-state index contributed by atoms with van der Waals surface area (Å²) in [6.45, 7) is 0. The normalized spacial score (nSPS) is 10.9. The maximum Gasteiger partial charge on any atom is 0.229 e. The van der Waals surface area contributed by atoms with Crippen LogP contribution in [0.3, 0.4) is 0 Å². The second kappa shape index (κ2) is 8.32. The molecule has 0 amide bonds. The van der Waals surface area contributed by atoms with E-state index in [2.05, 4.69) is 35.9 Å². The molecule has 0 unspecified atom stereocenters. The molecule has 0 saturated carbocycles. The molecule has 32 heavy (non-hydrogen) atoms. The summed E-state index contributed by atoms with van der Waals surface area (Å²) < 4.78 is 0.979. The fraction of sp³-hybridized carbons (Fsp3) is 0.0417. The van der Waals surface area contributed by atoms with Crippen LogP contribution < -0.4 is 10.6 Å². The zero-order chi connectivity index (χ0) is 22.1. The van der Waals surface area contributed by atoms with Gasteiger partial charge in [-0.1, -0.05) is 40.2 Å². The Hall–Kier alpha value is -3.91. The highest BCUT2D eigenvalue weighted by atomic mass is 79.9. The molecular formula is C24H18BrN7. The SMILES string of the molecule is CN(c1ccc(-c2cc(-c3cccc(Br)c3)c3c(N)ncnc3n2)cc1)c1ncccn1. The molecule has 0 aliphatic heterocycles. The van der Waals surface area contributed by atoms with Crippen LogP contribution in [0.5, 0.6) is 0 Å². The molecule has 5 aromatic rings. The third-order valence-corrected chi connectivity index (χ3v) is 5.66. The maximum atomic E-state index is 6.21. The maximum absolute atomic E-state index is 6.21. The van der Waals surface area contributed by atoms with Crippen molar-refractivity contribution in [1.29, 1.82) is 0 Å². The number of nitrogens with two attached hydrogens (primary N) is 1. The van der Waals surface area contributed by atoms with Crippen molar-refractivity contribution >= 4 is 44.4 Å². The van der Waals surface area contributed by atoms with E-state index in [0.717, 1.165) is 37.9 Å². The number of fused-ring (bicyclic) bond motifs is 1. The highest BCUT2D eigenvalue weighted by Gasteiger charge is 2.14. The molecule has 0 saturated heterocycles. The molecule has 3 aromatic heterocycles. The Balaban J connectivity index is 1.60. The Morgan fingerprint density at radius 3 is 2.38 bits per heavy atom. The number of halogens is 1. The highest BCUT2D eigenvalue weighted by Crippen LogP contribution is 2.35. The molecule has 0 atom stereocenters. The molecule has 2 N–H and O–H groups in total. The lowest BCUT2D eigenvalue weighted by molar-refractivity contribution is 1.04. The highest BCUT2D eigenvalue weighted by molar-refractivity contribution is 9.10. The Bertz CT molecular complexity index is 1410.